The van der Waals surface area contributed by atoms with E-state index >= 15 is 0 Å². The smallest absolute Gasteiger partial charge is 0.0798 e. The minimum Gasteiger partial charge on any atom is -0.333 e. The van der Waals surface area contributed by atoms with Crippen molar-refractivity contribution in [3.05, 3.63) is 168 Å². The zero-order valence-electron chi connectivity index (χ0n) is 41.1. The molecule has 3 nitrogen and oxygen atoms in total. The Morgan fingerprint density at radius 3 is 1.98 bits per heavy atom. The largest absolute Gasteiger partial charge is 0.333 e. The number of para-hydroxylation sites is 2. The zero-order valence-corrected chi connectivity index (χ0v) is 43.3. The van der Waals surface area contributed by atoms with Crippen LogP contribution in [0.3, 0.4) is 0 Å². The first-order valence-corrected chi connectivity index (χ1v) is 26.8. The number of aromatic nitrogens is 3. The third-order valence-electron chi connectivity index (χ3n) is 11.8. The van der Waals surface area contributed by atoms with Crippen LogP contribution in [0.4, 0.5) is 0 Å². The van der Waals surface area contributed by atoms with Gasteiger partial charge in [0.05, 0.1) is 24.9 Å². The van der Waals surface area contributed by atoms with Crippen LogP contribution in [-0.4, -0.2) is 22.6 Å². The van der Waals surface area contributed by atoms with Gasteiger partial charge in [-0.05, 0) is 109 Å². The van der Waals surface area contributed by atoms with Crippen molar-refractivity contribution in [3.63, 3.8) is 0 Å². The Bertz CT molecular complexity index is 3100. The number of thiophene rings is 1. The molecule has 64 heavy (non-hydrogen) atoms. The summed E-state index contributed by atoms with van der Waals surface area (Å²) in [5.41, 5.74) is 13.4. The van der Waals surface area contributed by atoms with Crippen molar-refractivity contribution in [1.29, 1.82) is 0 Å². The summed E-state index contributed by atoms with van der Waals surface area (Å²) in [5.74, 6) is 2.00. The second-order valence-corrected chi connectivity index (χ2v) is 25.1. The zero-order chi connectivity index (χ0) is 46.4. The van der Waals surface area contributed by atoms with Crippen molar-refractivity contribution < 1.29 is 22.8 Å². The van der Waals surface area contributed by atoms with Gasteiger partial charge in [-0.15, -0.1) is 59.7 Å². The molecule has 0 aliphatic rings. The van der Waals surface area contributed by atoms with Crippen molar-refractivity contribution >= 4 is 55.8 Å². The van der Waals surface area contributed by atoms with E-state index < -0.39 is 14.4 Å². The summed E-state index contributed by atoms with van der Waals surface area (Å²) in [6.45, 7) is 24.3. The van der Waals surface area contributed by atoms with Gasteiger partial charge in [-0.1, -0.05) is 147 Å². The van der Waals surface area contributed by atoms with E-state index in [1.807, 2.05) is 61.7 Å². The standard InChI is InChI=1S/C40H37N2S.C18H24NSi.Ir/c1-24(2)28-16-18-37-33(20-28)34-21-29(17-19-38(34)43-37)40-41-35-14-10-11-15-36(35)42(40)39-31(25(3)4)22-30(23-32(39)26(5)6)27-12-8-7-9-13-27;1-14(2)11-16-12-17(15-9-7-6-8-10-15)19-13-18(16)20(3,4)5;/h7-16,18-26H,1-6H3;6-9,12-14H,11H2,1-5H3;/q2*-1;/i;11D2;. The second kappa shape index (κ2) is 19.6. The van der Waals surface area contributed by atoms with Gasteiger partial charge in [0.1, 0.15) is 0 Å². The molecule has 0 N–H and O–H groups in total. The Balaban J connectivity index is 0.000000239. The van der Waals surface area contributed by atoms with E-state index in [0.29, 0.717) is 17.8 Å². The minimum absolute atomic E-state index is 0. The van der Waals surface area contributed by atoms with Crippen LogP contribution in [0.25, 0.3) is 70.7 Å². The molecule has 0 spiro atoms. The van der Waals surface area contributed by atoms with E-state index in [-0.39, 0.29) is 26.0 Å². The van der Waals surface area contributed by atoms with Gasteiger partial charge in [-0.3, -0.25) is 4.98 Å². The molecule has 0 fully saturated rings. The molecule has 329 valence electrons. The molecular formula is C58H61IrN3SSi-2. The van der Waals surface area contributed by atoms with Gasteiger partial charge in [-0.2, -0.15) is 11.3 Å². The van der Waals surface area contributed by atoms with Crippen LogP contribution in [0, 0.1) is 18.1 Å². The maximum atomic E-state index is 8.55. The molecule has 1 radical (unpaired) electrons. The van der Waals surface area contributed by atoms with Gasteiger partial charge in [-0.25, -0.2) is 0 Å². The molecule has 9 rings (SSSR count). The van der Waals surface area contributed by atoms with Crippen molar-refractivity contribution in [2.75, 3.05) is 0 Å². The average Bonchev–Trinajstić information content (AvgIpc) is 3.86. The normalized spacial score (nSPS) is 12.5. The Morgan fingerprint density at radius 2 is 1.34 bits per heavy atom. The van der Waals surface area contributed by atoms with E-state index in [1.165, 1.54) is 53.7 Å². The van der Waals surface area contributed by atoms with Crippen LogP contribution >= 0.6 is 11.3 Å². The second-order valence-electron chi connectivity index (χ2n) is 19.0. The molecule has 0 atom stereocenters. The fraction of sp³-hybridized carbons (Fsp3) is 0.276. The van der Waals surface area contributed by atoms with Gasteiger partial charge in [0.2, 0.25) is 0 Å². The fourth-order valence-electron chi connectivity index (χ4n) is 8.46. The van der Waals surface area contributed by atoms with Crippen LogP contribution < -0.4 is 5.19 Å². The molecule has 0 aliphatic heterocycles. The van der Waals surface area contributed by atoms with Crippen molar-refractivity contribution in [2.24, 2.45) is 5.92 Å². The van der Waals surface area contributed by atoms with Gasteiger partial charge in [0.25, 0.3) is 0 Å². The molecular weight excluding hydrogens is 991 g/mol. The summed E-state index contributed by atoms with van der Waals surface area (Å²) in [6, 6.07) is 52.0. The van der Waals surface area contributed by atoms with Gasteiger partial charge < -0.3 is 9.55 Å². The van der Waals surface area contributed by atoms with Crippen LogP contribution in [0.15, 0.2) is 134 Å². The molecule has 3 aromatic heterocycles. The van der Waals surface area contributed by atoms with E-state index in [4.69, 9.17) is 7.73 Å². The van der Waals surface area contributed by atoms with Crippen LogP contribution in [0.5, 0.6) is 0 Å². The number of imidazole rings is 1. The van der Waals surface area contributed by atoms with E-state index in [1.54, 1.807) is 0 Å². The maximum absolute atomic E-state index is 8.55. The molecule has 0 bridgehead atoms. The Kier molecular flexibility index (Phi) is 13.6. The molecule has 9 aromatic rings. The molecule has 6 aromatic carbocycles. The summed E-state index contributed by atoms with van der Waals surface area (Å²) in [5, 5.41) is 3.70. The number of hydrogen-bond acceptors (Lipinski definition) is 3. The first-order valence-electron chi connectivity index (χ1n) is 23.5. The van der Waals surface area contributed by atoms with Crippen LogP contribution in [0.1, 0.15) is 98.1 Å². The summed E-state index contributed by atoms with van der Waals surface area (Å²) >= 11 is 1.85. The van der Waals surface area contributed by atoms with Gasteiger partial charge in [0.15, 0.2) is 0 Å². The van der Waals surface area contributed by atoms with Gasteiger partial charge in [0, 0.05) is 39.4 Å². The number of rotatable bonds is 10. The maximum Gasteiger partial charge on any atom is 0.0798 e. The number of nitrogens with zero attached hydrogens (tertiary/aromatic N) is 3. The average molecular weight is 1050 g/mol. The van der Waals surface area contributed by atoms with Crippen molar-refractivity contribution in [1.82, 2.24) is 14.5 Å². The topological polar surface area (TPSA) is 30.7 Å². The summed E-state index contributed by atoms with van der Waals surface area (Å²) in [7, 11) is -1.67. The Morgan fingerprint density at radius 1 is 0.672 bits per heavy atom. The molecule has 0 saturated heterocycles. The fourth-order valence-corrected chi connectivity index (χ4v) is 10.9. The van der Waals surface area contributed by atoms with E-state index in [2.05, 4.69) is 180 Å². The van der Waals surface area contributed by atoms with Crippen LogP contribution in [-0.2, 0) is 26.5 Å². The summed E-state index contributed by atoms with van der Waals surface area (Å²) in [4.78, 5) is 9.88. The van der Waals surface area contributed by atoms with E-state index in [9.17, 15) is 0 Å². The molecule has 0 amide bonds. The first kappa shape index (κ1) is 44.2. The predicted molar refractivity (Wildman–Crippen MR) is 276 cm³/mol. The molecule has 0 unspecified atom stereocenters. The first-order chi connectivity index (χ1) is 30.9. The van der Waals surface area contributed by atoms with Gasteiger partial charge >= 0.3 is 0 Å². The number of fused-ring (bicyclic) bond motifs is 4. The predicted octanol–water partition coefficient (Wildman–Crippen LogP) is 16.2. The molecule has 3 heterocycles. The summed E-state index contributed by atoms with van der Waals surface area (Å²) < 4.78 is 22.1. The van der Waals surface area contributed by atoms with Crippen molar-refractivity contribution in [3.8, 4) is 39.5 Å². The number of pyridine rings is 1. The SMILES string of the molecule is CC(C)c1ccc2sc3c[c-]c(-c4nc5ccccc5n4-c4c(C(C)C)cc(-c5ccccc5)cc4C(C)C)cc3c2c1.[2H]C([2H])(c1cc(-c2[c-]cccc2)ncc1[Si](C)(C)C)C(C)C.[Ir]. The summed E-state index contributed by atoms with van der Waals surface area (Å²) in [6.07, 6.45) is 0.528. The third kappa shape index (κ3) is 9.82. The monoisotopic (exact) mass is 1050 g/mol. The Labute approximate surface area is 403 Å². The molecule has 6 heteroatoms. The molecule has 0 aliphatic carbocycles. The minimum atomic E-state index is -1.67. The molecule has 0 saturated carbocycles. The quantitative estimate of drug-likeness (QED) is 0.101. The third-order valence-corrected chi connectivity index (χ3v) is 14.9. The number of hydrogen-bond donors (Lipinski definition) is 0. The van der Waals surface area contributed by atoms with Crippen LogP contribution in [0.2, 0.25) is 19.6 Å². The number of benzene rings is 6. The van der Waals surface area contributed by atoms with E-state index in [0.717, 1.165) is 44.4 Å². The van der Waals surface area contributed by atoms with Crippen molar-refractivity contribution in [2.45, 2.75) is 99.2 Å². The Hall–Kier alpha value is -4.97.